The molecular formula is C21H28N2O4S. The second kappa shape index (κ2) is 10.2. The summed E-state index contributed by atoms with van der Waals surface area (Å²) in [5, 5.41) is 2.82. The van der Waals surface area contributed by atoms with Crippen molar-refractivity contribution in [3.8, 4) is 5.75 Å². The van der Waals surface area contributed by atoms with Gasteiger partial charge in [0, 0.05) is 6.54 Å². The van der Waals surface area contributed by atoms with Gasteiger partial charge in [-0.25, -0.2) is 8.42 Å². The van der Waals surface area contributed by atoms with Crippen LogP contribution in [0.1, 0.15) is 26.3 Å². The smallest absolute Gasteiger partial charge is 0.241 e. The molecule has 0 aromatic heterocycles. The molecule has 0 heterocycles. The molecule has 0 aliphatic heterocycles. The van der Waals surface area contributed by atoms with Crippen LogP contribution in [-0.2, 0) is 21.2 Å². The summed E-state index contributed by atoms with van der Waals surface area (Å²) in [5.74, 6) is 0.521. The maximum absolute atomic E-state index is 12.8. The summed E-state index contributed by atoms with van der Waals surface area (Å²) < 4.78 is 33.5. The van der Waals surface area contributed by atoms with E-state index in [9.17, 15) is 13.2 Å². The molecule has 1 unspecified atom stereocenters. The zero-order chi connectivity index (χ0) is 20.6. The number of nitrogens with one attached hydrogen (secondary N) is 2. The average Bonchev–Trinajstić information content (AvgIpc) is 2.67. The van der Waals surface area contributed by atoms with Crippen LogP contribution in [0.5, 0.6) is 5.75 Å². The Bertz CT molecular complexity index is 850. The lowest BCUT2D eigenvalue weighted by molar-refractivity contribution is -0.122. The minimum absolute atomic E-state index is 0.0886. The summed E-state index contributed by atoms with van der Waals surface area (Å²) in [6.45, 7) is 6.80. The highest BCUT2D eigenvalue weighted by molar-refractivity contribution is 7.89. The van der Waals surface area contributed by atoms with Gasteiger partial charge < -0.3 is 10.1 Å². The Balaban J connectivity index is 2.20. The van der Waals surface area contributed by atoms with Gasteiger partial charge in [0.05, 0.1) is 11.5 Å². The first-order valence-electron chi connectivity index (χ1n) is 9.38. The molecule has 0 aliphatic rings. The van der Waals surface area contributed by atoms with Gasteiger partial charge in [-0.2, -0.15) is 4.72 Å². The number of ether oxygens (including phenoxy) is 1. The molecule has 1 atom stereocenters. The molecule has 2 N–H and O–H groups in total. The summed E-state index contributed by atoms with van der Waals surface area (Å²) in [5.41, 5.74) is 0.876. The number of carbonyl (C=O) groups is 1. The number of carbonyl (C=O) groups excluding carboxylic acids is 1. The van der Waals surface area contributed by atoms with Crippen LogP contribution in [0.25, 0.3) is 0 Å². The van der Waals surface area contributed by atoms with E-state index in [1.807, 2.05) is 51.1 Å². The van der Waals surface area contributed by atoms with Crippen LogP contribution >= 0.6 is 0 Å². The fraction of sp³-hybridized carbons (Fsp3) is 0.381. The molecule has 0 saturated carbocycles. The Hall–Kier alpha value is -2.38. The Morgan fingerprint density at radius 2 is 1.68 bits per heavy atom. The maximum Gasteiger partial charge on any atom is 0.241 e. The SMILES string of the molecule is CCOc1ccc(S(=O)(=O)NC(Cc2ccccc2)C(=O)NCC(C)C)cc1. The molecule has 2 rings (SSSR count). The van der Waals surface area contributed by atoms with Crippen LogP contribution in [0.2, 0.25) is 0 Å². The zero-order valence-corrected chi connectivity index (χ0v) is 17.3. The lowest BCUT2D eigenvalue weighted by Gasteiger charge is -2.19. The quantitative estimate of drug-likeness (QED) is 0.638. The number of amides is 1. The first-order valence-corrected chi connectivity index (χ1v) is 10.9. The van der Waals surface area contributed by atoms with Gasteiger partial charge in [0.15, 0.2) is 0 Å². The molecule has 0 saturated heterocycles. The number of hydrogen-bond acceptors (Lipinski definition) is 4. The van der Waals surface area contributed by atoms with Gasteiger partial charge in [-0.05, 0) is 49.1 Å². The average molecular weight is 405 g/mol. The predicted octanol–water partition coefficient (Wildman–Crippen LogP) is 2.75. The third-order valence-corrected chi connectivity index (χ3v) is 5.51. The van der Waals surface area contributed by atoms with Gasteiger partial charge >= 0.3 is 0 Å². The molecule has 152 valence electrons. The van der Waals surface area contributed by atoms with Crippen molar-refractivity contribution in [3.63, 3.8) is 0 Å². The number of rotatable bonds is 10. The predicted molar refractivity (Wildman–Crippen MR) is 110 cm³/mol. The molecular weight excluding hydrogens is 376 g/mol. The fourth-order valence-corrected chi connectivity index (χ4v) is 3.80. The van der Waals surface area contributed by atoms with Crippen LogP contribution < -0.4 is 14.8 Å². The van der Waals surface area contributed by atoms with Gasteiger partial charge in [0.1, 0.15) is 11.8 Å². The molecule has 7 heteroatoms. The number of hydrogen-bond donors (Lipinski definition) is 2. The lowest BCUT2D eigenvalue weighted by atomic mass is 10.1. The Morgan fingerprint density at radius 1 is 1.04 bits per heavy atom. The number of benzene rings is 2. The molecule has 0 radical (unpaired) electrons. The Morgan fingerprint density at radius 3 is 2.25 bits per heavy atom. The highest BCUT2D eigenvalue weighted by Gasteiger charge is 2.26. The first kappa shape index (κ1) is 21.9. The van der Waals surface area contributed by atoms with Crippen molar-refractivity contribution in [3.05, 3.63) is 60.2 Å². The third kappa shape index (κ3) is 6.65. The second-order valence-electron chi connectivity index (χ2n) is 6.91. The standard InChI is InChI=1S/C21H28N2O4S/c1-4-27-18-10-12-19(13-11-18)28(25,26)23-20(21(24)22-15-16(2)3)14-17-8-6-5-7-9-17/h5-13,16,20,23H,4,14-15H2,1-3H3,(H,22,24). The van der Waals surface area contributed by atoms with Crippen molar-refractivity contribution in [2.75, 3.05) is 13.2 Å². The molecule has 0 fully saturated rings. The minimum atomic E-state index is -3.86. The molecule has 2 aromatic rings. The Labute approximate surface area is 167 Å². The summed E-state index contributed by atoms with van der Waals surface area (Å²) in [4.78, 5) is 12.7. The van der Waals surface area contributed by atoms with Crippen molar-refractivity contribution in [2.45, 2.75) is 38.1 Å². The highest BCUT2D eigenvalue weighted by Crippen LogP contribution is 2.17. The monoisotopic (exact) mass is 404 g/mol. The molecule has 6 nitrogen and oxygen atoms in total. The van der Waals surface area contributed by atoms with E-state index >= 15 is 0 Å². The molecule has 2 aromatic carbocycles. The van der Waals surface area contributed by atoms with Gasteiger partial charge in [-0.15, -0.1) is 0 Å². The second-order valence-corrected chi connectivity index (χ2v) is 8.62. The van der Waals surface area contributed by atoms with Crippen LogP contribution in [0, 0.1) is 5.92 Å². The molecule has 0 aliphatic carbocycles. The van der Waals surface area contributed by atoms with Crippen LogP contribution in [0.4, 0.5) is 0 Å². The van der Waals surface area contributed by atoms with Gasteiger partial charge in [-0.1, -0.05) is 44.2 Å². The van der Waals surface area contributed by atoms with Gasteiger partial charge in [-0.3, -0.25) is 4.79 Å². The van der Waals surface area contributed by atoms with Crippen LogP contribution in [0.3, 0.4) is 0 Å². The van der Waals surface area contributed by atoms with E-state index in [0.29, 0.717) is 18.9 Å². The van der Waals surface area contributed by atoms with E-state index < -0.39 is 16.1 Å². The molecule has 1 amide bonds. The largest absolute Gasteiger partial charge is 0.494 e. The third-order valence-electron chi connectivity index (χ3n) is 4.03. The summed E-state index contributed by atoms with van der Waals surface area (Å²) in [7, 11) is -3.86. The zero-order valence-electron chi connectivity index (χ0n) is 16.5. The van der Waals surface area contributed by atoms with Gasteiger partial charge in [0.2, 0.25) is 15.9 Å². The minimum Gasteiger partial charge on any atom is -0.494 e. The van der Waals surface area contributed by atoms with Crippen LogP contribution in [0.15, 0.2) is 59.5 Å². The fourth-order valence-electron chi connectivity index (χ4n) is 2.60. The highest BCUT2D eigenvalue weighted by atomic mass is 32.2. The van der Waals surface area contributed by atoms with E-state index in [1.165, 1.54) is 12.1 Å². The first-order chi connectivity index (χ1) is 13.3. The molecule has 28 heavy (non-hydrogen) atoms. The Kier molecular flexibility index (Phi) is 8.02. The molecule has 0 spiro atoms. The van der Waals surface area contributed by atoms with Gasteiger partial charge in [0.25, 0.3) is 0 Å². The van der Waals surface area contributed by atoms with E-state index in [0.717, 1.165) is 5.56 Å². The van der Waals surface area contributed by atoms with E-state index in [2.05, 4.69) is 10.0 Å². The summed E-state index contributed by atoms with van der Waals surface area (Å²) in [6, 6.07) is 14.6. The van der Waals surface area contributed by atoms with E-state index in [-0.39, 0.29) is 23.1 Å². The summed E-state index contributed by atoms with van der Waals surface area (Å²) >= 11 is 0. The van der Waals surface area contributed by atoms with Crippen LogP contribution in [-0.4, -0.2) is 33.5 Å². The summed E-state index contributed by atoms with van der Waals surface area (Å²) in [6.07, 6.45) is 0.265. The van der Waals surface area contributed by atoms with Crippen molar-refractivity contribution in [1.29, 1.82) is 0 Å². The van der Waals surface area contributed by atoms with Crippen molar-refractivity contribution >= 4 is 15.9 Å². The number of sulfonamides is 1. The van der Waals surface area contributed by atoms with E-state index in [1.54, 1.807) is 12.1 Å². The topological polar surface area (TPSA) is 84.5 Å². The van der Waals surface area contributed by atoms with Crippen molar-refractivity contribution in [1.82, 2.24) is 10.0 Å². The maximum atomic E-state index is 12.8. The van der Waals surface area contributed by atoms with Crippen molar-refractivity contribution < 1.29 is 17.9 Å². The molecule has 0 bridgehead atoms. The lowest BCUT2D eigenvalue weighted by Crippen LogP contribution is -2.48. The normalized spacial score (nSPS) is 12.6. The van der Waals surface area contributed by atoms with E-state index in [4.69, 9.17) is 4.74 Å². The van der Waals surface area contributed by atoms with Crippen molar-refractivity contribution in [2.24, 2.45) is 5.92 Å².